The van der Waals surface area contributed by atoms with E-state index in [9.17, 15) is 0 Å². The predicted octanol–water partition coefficient (Wildman–Crippen LogP) is 2.68. The molecule has 15 heavy (non-hydrogen) atoms. The molecular formula is C11H16ClNO2. The summed E-state index contributed by atoms with van der Waals surface area (Å²) in [6, 6.07) is 3.75. The monoisotopic (exact) mass is 229 g/mol. The van der Waals surface area contributed by atoms with E-state index in [2.05, 4.69) is 11.9 Å². The summed E-state index contributed by atoms with van der Waals surface area (Å²) in [6.45, 7) is 4.58. The van der Waals surface area contributed by atoms with Crippen LogP contribution in [-0.2, 0) is 16.1 Å². The lowest BCUT2D eigenvalue weighted by Gasteiger charge is -2.05. The summed E-state index contributed by atoms with van der Waals surface area (Å²) in [6.07, 6.45) is 2.70. The van der Waals surface area contributed by atoms with Crippen molar-refractivity contribution in [2.24, 2.45) is 0 Å². The summed E-state index contributed by atoms with van der Waals surface area (Å²) >= 11 is 5.86. The highest BCUT2D eigenvalue weighted by Gasteiger charge is 1.99. The third kappa shape index (κ3) is 5.11. The van der Waals surface area contributed by atoms with Crippen LogP contribution in [0.15, 0.2) is 18.3 Å². The fourth-order valence-corrected chi connectivity index (χ4v) is 1.25. The minimum Gasteiger partial charge on any atom is -0.379 e. The first-order chi connectivity index (χ1) is 7.34. The molecule has 0 bridgehead atoms. The van der Waals surface area contributed by atoms with Crippen molar-refractivity contribution in [1.29, 1.82) is 0 Å². The molecule has 0 spiro atoms. The highest BCUT2D eigenvalue weighted by atomic mass is 35.5. The lowest BCUT2D eigenvalue weighted by Crippen LogP contribution is -2.05. The molecule has 0 radical (unpaired) electrons. The molecule has 0 fully saturated rings. The van der Waals surface area contributed by atoms with Crippen LogP contribution in [-0.4, -0.2) is 24.8 Å². The van der Waals surface area contributed by atoms with E-state index in [4.69, 9.17) is 21.1 Å². The van der Waals surface area contributed by atoms with Crippen molar-refractivity contribution in [1.82, 2.24) is 4.98 Å². The highest BCUT2D eigenvalue weighted by Crippen LogP contribution is 2.12. The molecule has 0 atom stereocenters. The van der Waals surface area contributed by atoms with Crippen molar-refractivity contribution in [3.8, 4) is 0 Å². The van der Waals surface area contributed by atoms with Crippen LogP contribution < -0.4 is 0 Å². The number of hydrogen-bond acceptors (Lipinski definition) is 3. The zero-order valence-electron chi connectivity index (χ0n) is 8.91. The Morgan fingerprint density at radius 3 is 2.80 bits per heavy atom. The van der Waals surface area contributed by atoms with Crippen molar-refractivity contribution < 1.29 is 9.47 Å². The van der Waals surface area contributed by atoms with Gasteiger partial charge in [0.1, 0.15) is 5.15 Å². The SMILES string of the molecule is CCCOCCOCc1cccnc1Cl. The number of nitrogens with zero attached hydrogens (tertiary/aromatic N) is 1. The van der Waals surface area contributed by atoms with E-state index < -0.39 is 0 Å². The second kappa shape index (κ2) is 7.63. The average molecular weight is 230 g/mol. The number of hydrogen-bond donors (Lipinski definition) is 0. The molecule has 0 unspecified atom stereocenters. The largest absolute Gasteiger partial charge is 0.379 e. The first-order valence-electron chi connectivity index (χ1n) is 5.09. The lowest BCUT2D eigenvalue weighted by atomic mass is 10.3. The maximum absolute atomic E-state index is 5.86. The normalized spacial score (nSPS) is 10.5. The quantitative estimate of drug-likeness (QED) is 0.532. The number of rotatable bonds is 7. The van der Waals surface area contributed by atoms with Crippen LogP contribution in [0.4, 0.5) is 0 Å². The van der Waals surface area contributed by atoms with E-state index in [-0.39, 0.29) is 0 Å². The van der Waals surface area contributed by atoms with Gasteiger partial charge in [-0.1, -0.05) is 24.6 Å². The van der Waals surface area contributed by atoms with Gasteiger partial charge in [0.25, 0.3) is 0 Å². The van der Waals surface area contributed by atoms with Gasteiger partial charge in [-0.05, 0) is 12.5 Å². The third-order valence-electron chi connectivity index (χ3n) is 1.81. The second-order valence-electron chi connectivity index (χ2n) is 3.12. The standard InChI is InChI=1S/C11H16ClNO2/c1-2-6-14-7-8-15-9-10-4-3-5-13-11(10)12/h3-5H,2,6-9H2,1H3. The topological polar surface area (TPSA) is 31.4 Å². The Labute approximate surface area is 95.4 Å². The van der Waals surface area contributed by atoms with Gasteiger partial charge >= 0.3 is 0 Å². The molecule has 84 valence electrons. The van der Waals surface area contributed by atoms with E-state index in [0.29, 0.717) is 25.0 Å². The molecule has 1 aromatic heterocycles. The van der Waals surface area contributed by atoms with Gasteiger partial charge in [0.05, 0.1) is 19.8 Å². The Balaban J connectivity index is 2.12. The summed E-state index contributed by atoms with van der Waals surface area (Å²) in [4.78, 5) is 3.96. The van der Waals surface area contributed by atoms with Crippen LogP contribution >= 0.6 is 11.6 Å². The molecule has 0 aliphatic rings. The Morgan fingerprint density at radius 1 is 1.27 bits per heavy atom. The molecule has 3 nitrogen and oxygen atoms in total. The Kier molecular flexibility index (Phi) is 6.32. The molecule has 1 rings (SSSR count). The number of halogens is 1. The van der Waals surface area contributed by atoms with Gasteiger partial charge in [0, 0.05) is 18.4 Å². The van der Waals surface area contributed by atoms with Gasteiger partial charge in [-0.2, -0.15) is 0 Å². The summed E-state index contributed by atoms with van der Waals surface area (Å²) in [5, 5.41) is 0.506. The fourth-order valence-electron chi connectivity index (χ4n) is 1.07. The van der Waals surface area contributed by atoms with Crippen molar-refractivity contribution in [3.05, 3.63) is 29.0 Å². The Bertz CT molecular complexity index is 281. The van der Waals surface area contributed by atoms with Crippen LogP contribution in [0.2, 0.25) is 5.15 Å². The average Bonchev–Trinajstić information content (AvgIpc) is 2.25. The van der Waals surface area contributed by atoms with Crippen LogP contribution in [0.5, 0.6) is 0 Å². The molecule has 0 N–H and O–H groups in total. The van der Waals surface area contributed by atoms with Gasteiger partial charge in [0.15, 0.2) is 0 Å². The van der Waals surface area contributed by atoms with Crippen LogP contribution in [0.3, 0.4) is 0 Å². The van der Waals surface area contributed by atoms with E-state index in [0.717, 1.165) is 18.6 Å². The molecule has 0 saturated heterocycles. The molecular weight excluding hydrogens is 214 g/mol. The fraction of sp³-hybridized carbons (Fsp3) is 0.545. The van der Waals surface area contributed by atoms with Crippen molar-refractivity contribution in [2.75, 3.05) is 19.8 Å². The molecule has 1 heterocycles. The number of ether oxygens (including phenoxy) is 2. The summed E-state index contributed by atoms with van der Waals surface area (Å²) in [5.41, 5.74) is 0.912. The molecule has 0 aliphatic carbocycles. The first-order valence-corrected chi connectivity index (χ1v) is 5.47. The van der Waals surface area contributed by atoms with Gasteiger partial charge < -0.3 is 9.47 Å². The van der Waals surface area contributed by atoms with E-state index in [1.807, 2.05) is 12.1 Å². The van der Waals surface area contributed by atoms with Gasteiger partial charge in [-0.25, -0.2) is 4.98 Å². The maximum atomic E-state index is 5.86. The Morgan fingerprint density at radius 2 is 2.07 bits per heavy atom. The molecule has 0 aromatic carbocycles. The Hall–Kier alpha value is -0.640. The van der Waals surface area contributed by atoms with Crippen molar-refractivity contribution in [2.45, 2.75) is 20.0 Å². The molecule has 1 aromatic rings. The minimum atomic E-state index is 0.488. The highest BCUT2D eigenvalue weighted by molar-refractivity contribution is 6.30. The maximum Gasteiger partial charge on any atom is 0.134 e. The van der Waals surface area contributed by atoms with Gasteiger partial charge in [0.2, 0.25) is 0 Å². The van der Waals surface area contributed by atoms with Crippen molar-refractivity contribution >= 4 is 11.6 Å². The predicted molar refractivity (Wildman–Crippen MR) is 60.0 cm³/mol. The van der Waals surface area contributed by atoms with Crippen LogP contribution in [0.1, 0.15) is 18.9 Å². The van der Waals surface area contributed by atoms with Crippen LogP contribution in [0.25, 0.3) is 0 Å². The van der Waals surface area contributed by atoms with E-state index in [1.165, 1.54) is 0 Å². The van der Waals surface area contributed by atoms with Crippen molar-refractivity contribution in [3.63, 3.8) is 0 Å². The van der Waals surface area contributed by atoms with E-state index >= 15 is 0 Å². The first kappa shape index (κ1) is 12.4. The second-order valence-corrected chi connectivity index (χ2v) is 3.48. The zero-order valence-corrected chi connectivity index (χ0v) is 9.67. The zero-order chi connectivity index (χ0) is 10.9. The van der Waals surface area contributed by atoms with Gasteiger partial charge in [-0.15, -0.1) is 0 Å². The molecule has 4 heteroatoms. The number of pyridine rings is 1. The lowest BCUT2D eigenvalue weighted by molar-refractivity contribution is 0.0408. The third-order valence-corrected chi connectivity index (χ3v) is 2.15. The summed E-state index contributed by atoms with van der Waals surface area (Å²) in [5.74, 6) is 0. The molecule has 0 aliphatic heterocycles. The molecule has 0 amide bonds. The van der Waals surface area contributed by atoms with Crippen LogP contribution in [0, 0.1) is 0 Å². The van der Waals surface area contributed by atoms with Gasteiger partial charge in [-0.3, -0.25) is 0 Å². The minimum absolute atomic E-state index is 0.488. The molecule has 0 saturated carbocycles. The van der Waals surface area contributed by atoms with E-state index in [1.54, 1.807) is 6.20 Å². The number of aromatic nitrogens is 1. The smallest absolute Gasteiger partial charge is 0.134 e. The summed E-state index contributed by atoms with van der Waals surface area (Å²) < 4.78 is 10.7. The summed E-state index contributed by atoms with van der Waals surface area (Å²) in [7, 11) is 0.